The molecule has 1 aromatic heterocycles. The Labute approximate surface area is 172 Å². The van der Waals surface area contributed by atoms with Gasteiger partial charge in [-0.3, -0.25) is 14.5 Å². The summed E-state index contributed by atoms with van der Waals surface area (Å²) in [5, 5.41) is 0. The molecule has 0 bridgehead atoms. The quantitative estimate of drug-likeness (QED) is 0.760. The third kappa shape index (κ3) is 4.15. The van der Waals surface area contributed by atoms with Gasteiger partial charge in [0.2, 0.25) is 11.8 Å². The van der Waals surface area contributed by atoms with Crippen LogP contribution in [0.25, 0.3) is 0 Å². The zero-order valence-electron chi connectivity index (χ0n) is 17.7. The Morgan fingerprint density at radius 1 is 1.10 bits per heavy atom. The number of aromatic nitrogens is 2. The molecule has 2 aliphatic heterocycles. The van der Waals surface area contributed by atoms with Crippen LogP contribution < -0.4 is 4.90 Å². The molecule has 7 heteroatoms. The standard InChI is InChI=1S/C22H32N4O3/c1-15-17-10-11-19(27)26(13-16-7-4-3-5-8-16)22(17)24-21(23-15)18-9-6-12-25(18)20(28)14-29-2/h16,18H,3-14H2,1-2H3/t18-/m1/s1. The lowest BCUT2D eigenvalue weighted by Gasteiger charge is -2.34. The molecule has 2 amide bonds. The second kappa shape index (κ2) is 8.78. The van der Waals surface area contributed by atoms with Gasteiger partial charge in [-0.25, -0.2) is 9.97 Å². The van der Waals surface area contributed by atoms with Crippen molar-refractivity contribution in [3.05, 3.63) is 17.1 Å². The second-order valence-electron chi connectivity index (χ2n) is 8.66. The maximum absolute atomic E-state index is 12.8. The van der Waals surface area contributed by atoms with Crippen LogP contribution >= 0.6 is 0 Å². The van der Waals surface area contributed by atoms with Crippen LogP contribution in [0.1, 0.15) is 74.5 Å². The molecule has 0 aromatic carbocycles. The largest absolute Gasteiger partial charge is 0.375 e. The highest BCUT2D eigenvalue weighted by Gasteiger charge is 2.35. The fourth-order valence-corrected chi connectivity index (χ4v) is 5.11. The summed E-state index contributed by atoms with van der Waals surface area (Å²) in [5.74, 6) is 2.17. The third-order valence-corrected chi connectivity index (χ3v) is 6.66. The van der Waals surface area contributed by atoms with Gasteiger partial charge in [-0.2, -0.15) is 0 Å². The first kappa shape index (κ1) is 20.3. The Hall–Kier alpha value is -2.02. The SMILES string of the molecule is COCC(=O)N1CCC[C@@H]1c1nc(C)c2c(n1)N(CC1CCCCC1)C(=O)CC2. The number of amides is 2. The highest BCUT2D eigenvalue weighted by molar-refractivity contribution is 5.95. The first-order chi connectivity index (χ1) is 14.1. The first-order valence-electron chi connectivity index (χ1n) is 11.0. The number of rotatable bonds is 5. The summed E-state index contributed by atoms with van der Waals surface area (Å²) in [6.07, 6.45) is 9.23. The maximum Gasteiger partial charge on any atom is 0.249 e. The number of likely N-dealkylation sites (tertiary alicyclic amines) is 1. The van der Waals surface area contributed by atoms with Crippen molar-refractivity contribution in [1.82, 2.24) is 14.9 Å². The molecule has 0 radical (unpaired) electrons. The molecule has 158 valence electrons. The van der Waals surface area contributed by atoms with E-state index in [4.69, 9.17) is 14.7 Å². The van der Waals surface area contributed by atoms with Crippen molar-refractivity contribution in [2.75, 3.05) is 31.7 Å². The Morgan fingerprint density at radius 3 is 2.66 bits per heavy atom. The Morgan fingerprint density at radius 2 is 1.90 bits per heavy atom. The molecule has 4 rings (SSSR count). The zero-order chi connectivity index (χ0) is 20.4. The molecule has 0 unspecified atom stereocenters. The molecular weight excluding hydrogens is 368 g/mol. The lowest BCUT2D eigenvalue weighted by Crippen LogP contribution is -2.41. The zero-order valence-corrected chi connectivity index (χ0v) is 17.7. The predicted octanol–water partition coefficient (Wildman–Crippen LogP) is 2.95. The molecule has 1 aliphatic carbocycles. The third-order valence-electron chi connectivity index (χ3n) is 6.66. The van der Waals surface area contributed by atoms with Crippen LogP contribution in [-0.2, 0) is 20.7 Å². The summed E-state index contributed by atoms with van der Waals surface area (Å²) >= 11 is 0. The van der Waals surface area contributed by atoms with Crippen molar-refractivity contribution in [2.45, 2.75) is 70.8 Å². The van der Waals surface area contributed by atoms with Gasteiger partial charge in [0.05, 0.1) is 6.04 Å². The van der Waals surface area contributed by atoms with Gasteiger partial charge in [-0.1, -0.05) is 19.3 Å². The van der Waals surface area contributed by atoms with E-state index in [2.05, 4.69) is 0 Å². The lowest BCUT2D eigenvalue weighted by molar-refractivity contribution is -0.136. The smallest absolute Gasteiger partial charge is 0.249 e. The minimum Gasteiger partial charge on any atom is -0.375 e. The average Bonchev–Trinajstić information content (AvgIpc) is 3.21. The fourth-order valence-electron chi connectivity index (χ4n) is 5.11. The van der Waals surface area contributed by atoms with E-state index in [0.717, 1.165) is 36.5 Å². The van der Waals surface area contributed by atoms with E-state index in [1.807, 2.05) is 16.7 Å². The molecule has 3 aliphatic rings. The summed E-state index contributed by atoms with van der Waals surface area (Å²) in [4.78, 5) is 38.7. The van der Waals surface area contributed by atoms with Crippen molar-refractivity contribution in [1.29, 1.82) is 0 Å². The number of methoxy groups -OCH3 is 1. The van der Waals surface area contributed by atoms with Gasteiger partial charge in [0.1, 0.15) is 12.4 Å². The summed E-state index contributed by atoms with van der Waals surface area (Å²) in [6.45, 7) is 3.55. The average molecular weight is 401 g/mol. The molecule has 1 saturated heterocycles. The van der Waals surface area contributed by atoms with Crippen LogP contribution in [0.5, 0.6) is 0 Å². The number of fused-ring (bicyclic) bond motifs is 1. The van der Waals surface area contributed by atoms with Gasteiger partial charge in [-0.05, 0) is 44.9 Å². The maximum atomic E-state index is 12.8. The normalized spacial score (nSPS) is 22.8. The van der Waals surface area contributed by atoms with Crippen molar-refractivity contribution >= 4 is 17.6 Å². The molecule has 2 fully saturated rings. The van der Waals surface area contributed by atoms with Crippen LogP contribution in [0.2, 0.25) is 0 Å². The van der Waals surface area contributed by atoms with Crippen molar-refractivity contribution in [2.24, 2.45) is 5.92 Å². The van der Waals surface area contributed by atoms with Crippen LogP contribution in [0.4, 0.5) is 5.82 Å². The molecule has 3 heterocycles. The van der Waals surface area contributed by atoms with Crippen LogP contribution in [-0.4, -0.2) is 53.5 Å². The minimum atomic E-state index is -0.129. The molecule has 1 aromatic rings. The summed E-state index contributed by atoms with van der Waals surface area (Å²) in [7, 11) is 1.54. The van der Waals surface area contributed by atoms with Gasteiger partial charge in [0.25, 0.3) is 0 Å². The Balaban J connectivity index is 1.64. The number of anilines is 1. The molecule has 0 N–H and O–H groups in total. The molecule has 1 saturated carbocycles. The molecule has 7 nitrogen and oxygen atoms in total. The van der Waals surface area contributed by atoms with Crippen LogP contribution in [0, 0.1) is 12.8 Å². The number of aryl methyl sites for hydroxylation is 1. The van der Waals surface area contributed by atoms with Crippen molar-refractivity contribution in [3.63, 3.8) is 0 Å². The second-order valence-corrected chi connectivity index (χ2v) is 8.66. The molecule has 0 spiro atoms. The number of ether oxygens (including phenoxy) is 1. The highest BCUT2D eigenvalue weighted by Crippen LogP contribution is 2.35. The predicted molar refractivity (Wildman–Crippen MR) is 110 cm³/mol. The topological polar surface area (TPSA) is 75.6 Å². The van der Waals surface area contributed by atoms with Gasteiger partial charge < -0.3 is 9.64 Å². The van der Waals surface area contributed by atoms with Gasteiger partial charge in [0, 0.05) is 37.9 Å². The monoisotopic (exact) mass is 400 g/mol. The fraction of sp³-hybridized carbons (Fsp3) is 0.727. The number of carbonyl (C=O) groups excluding carboxylic acids is 2. The Bertz CT molecular complexity index is 776. The molecule has 1 atom stereocenters. The molecular formula is C22H32N4O3. The van der Waals surface area contributed by atoms with E-state index in [1.54, 1.807) is 0 Å². The van der Waals surface area contributed by atoms with Crippen molar-refractivity contribution in [3.8, 4) is 0 Å². The highest BCUT2D eigenvalue weighted by atomic mass is 16.5. The lowest BCUT2D eigenvalue weighted by atomic mass is 9.88. The first-order valence-corrected chi connectivity index (χ1v) is 11.0. The number of nitrogens with zero attached hydrogens (tertiary/aromatic N) is 4. The number of hydrogen-bond donors (Lipinski definition) is 0. The van der Waals surface area contributed by atoms with Crippen LogP contribution in [0.15, 0.2) is 0 Å². The molecule has 29 heavy (non-hydrogen) atoms. The van der Waals surface area contributed by atoms with Gasteiger partial charge >= 0.3 is 0 Å². The van der Waals surface area contributed by atoms with E-state index in [1.165, 1.54) is 39.2 Å². The van der Waals surface area contributed by atoms with Gasteiger partial charge in [0.15, 0.2) is 5.82 Å². The van der Waals surface area contributed by atoms with E-state index in [9.17, 15) is 9.59 Å². The van der Waals surface area contributed by atoms with E-state index >= 15 is 0 Å². The van der Waals surface area contributed by atoms with Crippen LogP contribution in [0.3, 0.4) is 0 Å². The van der Waals surface area contributed by atoms with E-state index < -0.39 is 0 Å². The van der Waals surface area contributed by atoms with E-state index in [-0.39, 0.29) is 24.5 Å². The van der Waals surface area contributed by atoms with E-state index in [0.29, 0.717) is 31.1 Å². The minimum absolute atomic E-state index is 0.0240. The van der Waals surface area contributed by atoms with Gasteiger partial charge in [-0.15, -0.1) is 0 Å². The summed E-state index contributed by atoms with van der Waals surface area (Å²) < 4.78 is 5.05. The summed E-state index contributed by atoms with van der Waals surface area (Å²) in [6, 6.07) is -0.129. The number of carbonyl (C=O) groups is 2. The Kier molecular flexibility index (Phi) is 6.13. The van der Waals surface area contributed by atoms with Crippen molar-refractivity contribution < 1.29 is 14.3 Å². The summed E-state index contributed by atoms with van der Waals surface area (Å²) in [5.41, 5.74) is 2.04. The number of hydrogen-bond acceptors (Lipinski definition) is 5.